The molecule has 5 nitrogen and oxygen atoms in total. The van der Waals surface area contributed by atoms with Crippen LogP contribution < -0.4 is 4.74 Å². The Morgan fingerprint density at radius 2 is 2.17 bits per heavy atom. The molecule has 1 aromatic heterocycles. The van der Waals surface area contributed by atoms with Crippen LogP contribution in [0.25, 0.3) is 0 Å². The zero-order valence-electron chi connectivity index (χ0n) is 14.4. The van der Waals surface area contributed by atoms with Gasteiger partial charge < -0.3 is 9.84 Å². The topological polar surface area (TPSA) is 50.5 Å². The highest BCUT2D eigenvalue weighted by molar-refractivity contribution is 5.33. The van der Waals surface area contributed by atoms with Crippen LogP contribution in [0.1, 0.15) is 36.9 Å². The van der Waals surface area contributed by atoms with Gasteiger partial charge in [0.15, 0.2) is 0 Å². The van der Waals surface area contributed by atoms with Gasteiger partial charge in [0.1, 0.15) is 5.75 Å². The number of likely N-dealkylation sites (tertiary alicyclic amines) is 1. The number of hydrogen-bond acceptors (Lipinski definition) is 4. The molecule has 1 N–H and O–H groups in total. The molecule has 0 aliphatic carbocycles. The molecule has 5 heteroatoms. The third-order valence-corrected chi connectivity index (χ3v) is 4.58. The van der Waals surface area contributed by atoms with Gasteiger partial charge in [0.05, 0.1) is 25.5 Å². The fourth-order valence-electron chi connectivity index (χ4n) is 3.43. The summed E-state index contributed by atoms with van der Waals surface area (Å²) in [5.74, 6) is 1.47. The number of rotatable bonds is 7. The van der Waals surface area contributed by atoms with Crippen LogP contribution in [0.4, 0.5) is 0 Å². The lowest BCUT2D eigenvalue weighted by Gasteiger charge is -2.32. The Balaban J connectivity index is 1.65. The summed E-state index contributed by atoms with van der Waals surface area (Å²) in [6, 6.07) is 10.4. The maximum Gasteiger partial charge on any atom is 0.123 e. The first-order valence-corrected chi connectivity index (χ1v) is 8.87. The predicted octanol–water partition coefficient (Wildman–Crippen LogP) is 2.65. The zero-order valence-corrected chi connectivity index (χ0v) is 14.4. The largest absolute Gasteiger partial charge is 0.494 e. The normalized spacial score (nSPS) is 18.7. The molecule has 0 spiro atoms. The smallest absolute Gasteiger partial charge is 0.123 e. The van der Waals surface area contributed by atoms with Crippen molar-refractivity contribution in [2.75, 3.05) is 26.3 Å². The van der Waals surface area contributed by atoms with Crippen LogP contribution in [0, 0.1) is 0 Å². The lowest BCUT2D eigenvalue weighted by atomic mass is 9.94. The summed E-state index contributed by atoms with van der Waals surface area (Å²) in [4.78, 5) is 2.50. The van der Waals surface area contributed by atoms with Crippen LogP contribution >= 0.6 is 0 Å². The van der Waals surface area contributed by atoms with Gasteiger partial charge in [-0.15, -0.1) is 0 Å². The molecule has 0 saturated carbocycles. The Bertz CT molecular complexity index is 641. The van der Waals surface area contributed by atoms with Gasteiger partial charge in [-0.2, -0.15) is 5.10 Å². The van der Waals surface area contributed by atoms with E-state index in [1.54, 1.807) is 0 Å². The maximum atomic E-state index is 9.03. The van der Waals surface area contributed by atoms with Crippen LogP contribution in [0.5, 0.6) is 5.75 Å². The summed E-state index contributed by atoms with van der Waals surface area (Å²) in [6.45, 7) is 6.48. The first-order chi connectivity index (χ1) is 11.8. The number of nitrogens with zero attached hydrogens (tertiary/aromatic N) is 3. The van der Waals surface area contributed by atoms with Gasteiger partial charge in [0.2, 0.25) is 0 Å². The van der Waals surface area contributed by atoms with Gasteiger partial charge >= 0.3 is 0 Å². The highest BCUT2D eigenvalue weighted by atomic mass is 16.5. The molecule has 1 aliphatic heterocycles. The third kappa shape index (κ3) is 4.16. The molecule has 1 fully saturated rings. The minimum absolute atomic E-state index is 0.131. The first kappa shape index (κ1) is 17.0. The second-order valence-electron chi connectivity index (χ2n) is 6.34. The van der Waals surface area contributed by atoms with E-state index in [9.17, 15) is 0 Å². The summed E-state index contributed by atoms with van der Waals surface area (Å²) >= 11 is 0. The molecule has 0 unspecified atom stereocenters. The summed E-state index contributed by atoms with van der Waals surface area (Å²) in [6.07, 6.45) is 4.34. The molecule has 130 valence electrons. The van der Waals surface area contributed by atoms with E-state index in [0.29, 0.717) is 19.1 Å². The summed E-state index contributed by atoms with van der Waals surface area (Å²) in [5, 5.41) is 13.7. The number of para-hydroxylation sites is 1. The molecule has 2 heterocycles. The second kappa shape index (κ2) is 8.31. The Kier molecular flexibility index (Phi) is 5.88. The predicted molar refractivity (Wildman–Crippen MR) is 94.2 cm³/mol. The van der Waals surface area contributed by atoms with E-state index in [1.807, 2.05) is 23.9 Å². The van der Waals surface area contributed by atoms with E-state index in [0.717, 1.165) is 31.1 Å². The van der Waals surface area contributed by atoms with Crippen LogP contribution in [0.3, 0.4) is 0 Å². The van der Waals surface area contributed by atoms with Crippen LogP contribution in [-0.4, -0.2) is 46.1 Å². The average Bonchev–Trinajstić information content (AvgIpc) is 3.06. The van der Waals surface area contributed by atoms with Crippen molar-refractivity contribution in [2.24, 2.45) is 0 Å². The Morgan fingerprint density at radius 3 is 3.00 bits per heavy atom. The fraction of sp³-hybridized carbons (Fsp3) is 0.526. The van der Waals surface area contributed by atoms with E-state index in [1.165, 1.54) is 18.4 Å². The molecule has 2 aromatic rings. The van der Waals surface area contributed by atoms with E-state index >= 15 is 0 Å². The number of aliphatic hydroxyl groups is 1. The molecule has 1 atom stereocenters. The molecular formula is C19H27N3O2. The number of piperidine rings is 1. The van der Waals surface area contributed by atoms with Crippen molar-refractivity contribution in [3.63, 3.8) is 0 Å². The van der Waals surface area contributed by atoms with Gasteiger partial charge in [-0.3, -0.25) is 9.58 Å². The third-order valence-electron chi connectivity index (χ3n) is 4.58. The van der Waals surface area contributed by atoms with Crippen molar-refractivity contribution >= 4 is 0 Å². The lowest BCUT2D eigenvalue weighted by molar-refractivity contribution is 0.194. The molecule has 1 aromatic carbocycles. The van der Waals surface area contributed by atoms with Crippen LogP contribution in [0.2, 0.25) is 0 Å². The fourth-order valence-corrected chi connectivity index (χ4v) is 3.43. The van der Waals surface area contributed by atoms with Gasteiger partial charge in [-0.25, -0.2) is 0 Å². The molecule has 3 rings (SSSR count). The van der Waals surface area contributed by atoms with E-state index in [4.69, 9.17) is 9.84 Å². The van der Waals surface area contributed by atoms with Gasteiger partial charge in [0.25, 0.3) is 0 Å². The van der Waals surface area contributed by atoms with E-state index < -0.39 is 0 Å². The standard InChI is InChI=1S/C19H27N3O2/c1-2-24-19-8-4-3-6-17(19)15-21-10-5-7-16(14-21)18-9-11-22(20-18)12-13-23/h3-4,6,8-9,11,16,23H,2,5,7,10,12-15H2,1H3/t16-/m0/s1. The highest BCUT2D eigenvalue weighted by Crippen LogP contribution is 2.28. The Morgan fingerprint density at radius 1 is 1.29 bits per heavy atom. The number of aliphatic hydroxyl groups excluding tert-OH is 1. The molecule has 0 amide bonds. The van der Waals surface area contributed by atoms with Gasteiger partial charge in [-0.1, -0.05) is 18.2 Å². The lowest BCUT2D eigenvalue weighted by Crippen LogP contribution is -2.34. The summed E-state index contributed by atoms with van der Waals surface area (Å²) in [5.41, 5.74) is 2.40. The average molecular weight is 329 g/mol. The van der Waals surface area contributed by atoms with Crippen LogP contribution in [-0.2, 0) is 13.1 Å². The minimum Gasteiger partial charge on any atom is -0.494 e. The molecule has 0 radical (unpaired) electrons. The van der Waals surface area contributed by atoms with Crippen molar-refractivity contribution in [3.8, 4) is 5.75 Å². The number of ether oxygens (including phenoxy) is 1. The minimum atomic E-state index is 0.131. The van der Waals surface area contributed by atoms with Crippen molar-refractivity contribution in [2.45, 2.75) is 38.8 Å². The maximum absolute atomic E-state index is 9.03. The van der Waals surface area contributed by atoms with Crippen molar-refractivity contribution in [1.82, 2.24) is 14.7 Å². The molecule has 1 saturated heterocycles. The number of aromatic nitrogens is 2. The second-order valence-corrected chi connectivity index (χ2v) is 6.34. The zero-order chi connectivity index (χ0) is 16.8. The molecule has 0 bridgehead atoms. The monoisotopic (exact) mass is 329 g/mol. The van der Waals surface area contributed by atoms with Crippen molar-refractivity contribution < 1.29 is 9.84 Å². The first-order valence-electron chi connectivity index (χ1n) is 8.87. The Hall–Kier alpha value is -1.85. The summed E-state index contributed by atoms with van der Waals surface area (Å²) < 4.78 is 7.59. The van der Waals surface area contributed by atoms with Crippen LogP contribution in [0.15, 0.2) is 36.5 Å². The number of benzene rings is 1. The molecule has 24 heavy (non-hydrogen) atoms. The van der Waals surface area contributed by atoms with E-state index in [-0.39, 0.29) is 6.61 Å². The highest BCUT2D eigenvalue weighted by Gasteiger charge is 2.23. The van der Waals surface area contributed by atoms with Crippen molar-refractivity contribution in [3.05, 3.63) is 47.8 Å². The molecular weight excluding hydrogens is 302 g/mol. The quantitative estimate of drug-likeness (QED) is 0.848. The number of hydrogen-bond donors (Lipinski definition) is 1. The molecule has 1 aliphatic rings. The van der Waals surface area contributed by atoms with Crippen molar-refractivity contribution in [1.29, 1.82) is 0 Å². The Labute approximate surface area is 143 Å². The van der Waals surface area contributed by atoms with E-state index in [2.05, 4.69) is 34.3 Å². The summed E-state index contributed by atoms with van der Waals surface area (Å²) in [7, 11) is 0. The van der Waals surface area contributed by atoms with Gasteiger partial charge in [0, 0.05) is 30.8 Å². The van der Waals surface area contributed by atoms with Gasteiger partial charge in [-0.05, 0) is 38.4 Å². The SMILES string of the molecule is CCOc1ccccc1CN1CCC[C@H](c2ccn(CCO)n2)C1.